The van der Waals surface area contributed by atoms with Gasteiger partial charge in [0.2, 0.25) is 5.91 Å². The Kier molecular flexibility index (Phi) is 4.01. The summed E-state index contributed by atoms with van der Waals surface area (Å²) in [6.07, 6.45) is 1.72. The maximum absolute atomic E-state index is 13.3. The van der Waals surface area contributed by atoms with Gasteiger partial charge in [-0.3, -0.25) is 4.79 Å². The van der Waals surface area contributed by atoms with Crippen LogP contribution in [0.25, 0.3) is 10.6 Å². The lowest BCUT2D eigenvalue weighted by Gasteiger charge is -2.37. The Morgan fingerprint density at radius 2 is 1.81 bits per heavy atom. The van der Waals surface area contributed by atoms with Gasteiger partial charge in [-0.2, -0.15) is 0 Å². The fourth-order valence-electron chi connectivity index (χ4n) is 3.85. The van der Waals surface area contributed by atoms with E-state index in [9.17, 15) is 4.79 Å². The molecule has 0 bridgehead atoms. The second-order valence-corrected chi connectivity index (χ2v) is 8.20. The standard InChI is InChI=1S/C21H21N3O2S/c25-20(24-12-10-23(11-13-24)16-5-2-1-3-6-16)21(8-9-21)19-15-17(26-22-19)18-7-4-14-27-18/h1-7,14-15H,8-13H2. The molecule has 27 heavy (non-hydrogen) atoms. The molecule has 3 heterocycles. The highest BCUT2D eigenvalue weighted by Gasteiger charge is 2.55. The molecule has 1 aliphatic carbocycles. The molecule has 1 aliphatic heterocycles. The zero-order chi connectivity index (χ0) is 18.3. The van der Waals surface area contributed by atoms with E-state index >= 15 is 0 Å². The number of hydrogen-bond acceptors (Lipinski definition) is 5. The number of rotatable bonds is 4. The maximum atomic E-state index is 13.3. The Hall–Kier alpha value is -2.60. The van der Waals surface area contributed by atoms with Crippen molar-refractivity contribution in [1.82, 2.24) is 10.1 Å². The monoisotopic (exact) mass is 379 g/mol. The van der Waals surface area contributed by atoms with Crippen molar-refractivity contribution in [2.24, 2.45) is 0 Å². The Morgan fingerprint density at radius 1 is 1.04 bits per heavy atom. The minimum Gasteiger partial charge on any atom is -0.368 e. The van der Waals surface area contributed by atoms with Crippen LogP contribution in [-0.4, -0.2) is 42.1 Å². The van der Waals surface area contributed by atoms with Gasteiger partial charge < -0.3 is 14.3 Å². The lowest BCUT2D eigenvalue weighted by Crippen LogP contribution is -2.51. The third-order valence-corrected chi connectivity index (χ3v) is 6.50. The first-order valence-corrected chi connectivity index (χ1v) is 10.2. The van der Waals surface area contributed by atoms with Gasteiger partial charge in [-0.25, -0.2) is 0 Å². The molecule has 1 amide bonds. The van der Waals surface area contributed by atoms with Crippen molar-refractivity contribution in [3.05, 3.63) is 59.6 Å². The number of hydrogen-bond donors (Lipinski definition) is 0. The van der Waals surface area contributed by atoms with Crippen LogP contribution in [0.3, 0.4) is 0 Å². The molecule has 1 saturated heterocycles. The second-order valence-electron chi connectivity index (χ2n) is 7.25. The van der Waals surface area contributed by atoms with E-state index in [4.69, 9.17) is 4.52 Å². The molecule has 0 spiro atoms. The van der Waals surface area contributed by atoms with Crippen LogP contribution in [0.5, 0.6) is 0 Å². The summed E-state index contributed by atoms with van der Waals surface area (Å²) in [5.41, 5.74) is 1.55. The minimum absolute atomic E-state index is 0.209. The molecule has 5 nitrogen and oxygen atoms in total. The van der Waals surface area contributed by atoms with E-state index in [1.807, 2.05) is 34.5 Å². The number of anilines is 1. The Labute approximate surface area is 162 Å². The fraction of sp³-hybridized carbons (Fsp3) is 0.333. The van der Waals surface area contributed by atoms with Crippen molar-refractivity contribution in [3.8, 4) is 10.6 Å². The first-order valence-electron chi connectivity index (χ1n) is 9.37. The molecular weight excluding hydrogens is 358 g/mol. The maximum Gasteiger partial charge on any atom is 0.235 e. The van der Waals surface area contributed by atoms with Gasteiger partial charge in [0.1, 0.15) is 0 Å². The van der Waals surface area contributed by atoms with Gasteiger partial charge in [0.25, 0.3) is 0 Å². The van der Waals surface area contributed by atoms with Gasteiger partial charge in [-0.05, 0) is 36.4 Å². The van der Waals surface area contributed by atoms with Crippen LogP contribution < -0.4 is 4.90 Å². The Morgan fingerprint density at radius 3 is 2.48 bits per heavy atom. The zero-order valence-corrected chi connectivity index (χ0v) is 15.8. The lowest BCUT2D eigenvalue weighted by molar-refractivity contribution is -0.134. The van der Waals surface area contributed by atoms with Crippen LogP contribution in [0.2, 0.25) is 0 Å². The zero-order valence-electron chi connectivity index (χ0n) is 15.0. The summed E-state index contributed by atoms with van der Waals surface area (Å²) in [5, 5.41) is 6.27. The molecule has 6 heteroatoms. The number of carbonyl (C=O) groups is 1. The molecule has 1 aromatic carbocycles. The van der Waals surface area contributed by atoms with E-state index in [1.54, 1.807) is 11.3 Å². The summed E-state index contributed by atoms with van der Waals surface area (Å²) in [6, 6.07) is 16.4. The SMILES string of the molecule is O=C(N1CCN(c2ccccc2)CC1)C1(c2cc(-c3cccs3)on2)CC1. The lowest BCUT2D eigenvalue weighted by atomic mass is 9.99. The van der Waals surface area contributed by atoms with E-state index in [1.165, 1.54) is 5.69 Å². The van der Waals surface area contributed by atoms with Gasteiger partial charge in [-0.15, -0.1) is 11.3 Å². The van der Waals surface area contributed by atoms with Crippen molar-refractivity contribution in [3.63, 3.8) is 0 Å². The highest BCUT2D eigenvalue weighted by atomic mass is 32.1. The van der Waals surface area contributed by atoms with Gasteiger partial charge in [0.15, 0.2) is 5.76 Å². The van der Waals surface area contributed by atoms with Crippen LogP contribution in [0, 0.1) is 0 Å². The van der Waals surface area contributed by atoms with Crippen LogP contribution in [0.15, 0.2) is 58.4 Å². The highest BCUT2D eigenvalue weighted by Crippen LogP contribution is 2.50. The highest BCUT2D eigenvalue weighted by molar-refractivity contribution is 7.13. The van der Waals surface area contributed by atoms with Gasteiger partial charge >= 0.3 is 0 Å². The topological polar surface area (TPSA) is 49.6 Å². The van der Waals surface area contributed by atoms with Crippen molar-refractivity contribution < 1.29 is 9.32 Å². The van der Waals surface area contributed by atoms with E-state index in [-0.39, 0.29) is 5.91 Å². The Bertz CT molecular complexity index is 924. The normalized spacial score (nSPS) is 18.5. The third-order valence-electron chi connectivity index (χ3n) is 5.61. The first-order chi connectivity index (χ1) is 13.3. The summed E-state index contributed by atoms with van der Waals surface area (Å²) in [6.45, 7) is 3.24. The van der Waals surface area contributed by atoms with Gasteiger partial charge in [0.05, 0.1) is 16.0 Å². The van der Waals surface area contributed by atoms with E-state index in [0.717, 1.165) is 55.4 Å². The number of benzene rings is 1. The van der Waals surface area contributed by atoms with Crippen molar-refractivity contribution in [2.75, 3.05) is 31.1 Å². The number of piperazine rings is 1. The number of thiophene rings is 1. The van der Waals surface area contributed by atoms with Crippen molar-refractivity contribution in [1.29, 1.82) is 0 Å². The predicted octanol–water partition coefficient (Wildman–Crippen LogP) is 3.78. The molecule has 3 aromatic rings. The largest absolute Gasteiger partial charge is 0.368 e. The van der Waals surface area contributed by atoms with Crippen LogP contribution in [0.4, 0.5) is 5.69 Å². The minimum atomic E-state index is -0.464. The molecule has 2 aromatic heterocycles. The number of para-hydroxylation sites is 1. The predicted molar refractivity (Wildman–Crippen MR) is 106 cm³/mol. The van der Waals surface area contributed by atoms with Crippen LogP contribution >= 0.6 is 11.3 Å². The average Bonchev–Trinajstić information content (AvgIpc) is 3.12. The summed E-state index contributed by atoms with van der Waals surface area (Å²) < 4.78 is 5.53. The number of nitrogens with zero attached hydrogens (tertiary/aromatic N) is 3. The summed E-state index contributed by atoms with van der Waals surface area (Å²) in [4.78, 5) is 18.6. The second kappa shape index (κ2) is 6.53. The molecule has 138 valence electrons. The fourth-order valence-corrected chi connectivity index (χ4v) is 4.52. The molecular formula is C21H21N3O2S. The Balaban J connectivity index is 1.29. The molecule has 2 fully saturated rings. The molecule has 5 rings (SSSR count). The molecule has 0 radical (unpaired) electrons. The van der Waals surface area contributed by atoms with E-state index < -0.39 is 5.41 Å². The molecule has 0 atom stereocenters. The molecule has 2 aliphatic rings. The number of carbonyl (C=O) groups excluding carboxylic acids is 1. The quantitative estimate of drug-likeness (QED) is 0.692. The first kappa shape index (κ1) is 16.6. The van der Waals surface area contributed by atoms with E-state index in [0.29, 0.717) is 0 Å². The van der Waals surface area contributed by atoms with E-state index in [2.05, 4.69) is 34.3 Å². The summed E-state index contributed by atoms with van der Waals surface area (Å²) >= 11 is 1.62. The van der Waals surface area contributed by atoms with Crippen molar-refractivity contribution in [2.45, 2.75) is 18.3 Å². The number of amides is 1. The molecule has 0 N–H and O–H groups in total. The molecule has 0 unspecified atom stereocenters. The number of aromatic nitrogens is 1. The summed E-state index contributed by atoms with van der Waals surface area (Å²) in [5.74, 6) is 0.967. The average molecular weight is 379 g/mol. The summed E-state index contributed by atoms with van der Waals surface area (Å²) in [7, 11) is 0. The van der Waals surface area contributed by atoms with Crippen LogP contribution in [0.1, 0.15) is 18.5 Å². The third kappa shape index (κ3) is 2.94. The molecule has 1 saturated carbocycles. The van der Waals surface area contributed by atoms with Gasteiger partial charge in [0, 0.05) is 37.9 Å². The van der Waals surface area contributed by atoms with Crippen molar-refractivity contribution >= 4 is 22.9 Å². The smallest absolute Gasteiger partial charge is 0.235 e. The van der Waals surface area contributed by atoms with Crippen LogP contribution in [-0.2, 0) is 10.2 Å². The van der Waals surface area contributed by atoms with Gasteiger partial charge in [-0.1, -0.05) is 29.4 Å².